The number of benzene rings is 1. The van der Waals surface area contributed by atoms with E-state index in [0.29, 0.717) is 13.3 Å². The molecule has 1 aromatic carbocycles. The molecule has 130 valence electrons. The molecular formula is C16H19ClIN3O2S. The SMILES string of the molecule is CN=C(NCCc1ccc(Cl)s1)NCc1ccc2c(c1)OCO2.I. The summed E-state index contributed by atoms with van der Waals surface area (Å²) >= 11 is 7.54. The Kier molecular flexibility index (Phi) is 7.44. The molecule has 0 amide bonds. The first kappa shape index (κ1) is 19.1. The standard InChI is InChI=1S/C16H18ClN3O2S.HI/c1-18-16(19-7-6-12-3-5-15(17)23-12)20-9-11-2-4-13-14(8-11)22-10-21-13;/h2-5,8H,6-7,9-10H2,1H3,(H2,18,19,20);1H. The lowest BCUT2D eigenvalue weighted by atomic mass is 10.2. The maximum absolute atomic E-state index is 5.93. The predicted molar refractivity (Wildman–Crippen MR) is 109 cm³/mol. The summed E-state index contributed by atoms with van der Waals surface area (Å²) in [6.07, 6.45) is 0.919. The number of guanidine groups is 1. The summed E-state index contributed by atoms with van der Waals surface area (Å²) in [6, 6.07) is 9.90. The highest BCUT2D eigenvalue weighted by atomic mass is 127. The second kappa shape index (κ2) is 9.33. The molecule has 0 saturated carbocycles. The first-order chi connectivity index (χ1) is 11.2. The number of thiophene rings is 1. The van der Waals surface area contributed by atoms with Gasteiger partial charge in [0.05, 0.1) is 4.34 Å². The fraction of sp³-hybridized carbons (Fsp3) is 0.312. The van der Waals surface area contributed by atoms with E-state index >= 15 is 0 Å². The van der Waals surface area contributed by atoms with Gasteiger partial charge in [-0.15, -0.1) is 35.3 Å². The Morgan fingerprint density at radius 2 is 2.04 bits per heavy atom. The van der Waals surface area contributed by atoms with Crippen molar-refractivity contribution in [2.24, 2.45) is 4.99 Å². The number of hydrogen-bond acceptors (Lipinski definition) is 4. The molecule has 1 aliphatic heterocycles. The van der Waals surface area contributed by atoms with Crippen molar-refractivity contribution in [3.63, 3.8) is 0 Å². The normalized spacial score (nSPS) is 12.7. The van der Waals surface area contributed by atoms with Crippen LogP contribution in [0.1, 0.15) is 10.4 Å². The first-order valence-corrected chi connectivity index (χ1v) is 8.51. The molecule has 2 N–H and O–H groups in total. The van der Waals surface area contributed by atoms with E-state index in [2.05, 4.69) is 21.7 Å². The van der Waals surface area contributed by atoms with Crippen molar-refractivity contribution < 1.29 is 9.47 Å². The van der Waals surface area contributed by atoms with Crippen molar-refractivity contribution in [1.82, 2.24) is 10.6 Å². The van der Waals surface area contributed by atoms with Crippen LogP contribution < -0.4 is 20.1 Å². The monoisotopic (exact) mass is 479 g/mol. The van der Waals surface area contributed by atoms with E-state index < -0.39 is 0 Å². The third kappa shape index (κ3) is 5.15. The Balaban J connectivity index is 0.00000208. The number of hydrogen-bond donors (Lipinski definition) is 2. The molecule has 1 aromatic heterocycles. The van der Waals surface area contributed by atoms with Gasteiger partial charge in [-0.05, 0) is 36.2 Å². The van der Waals surface area contributed by atoms with E-state index in [9.17, 15) is 0 Å². The molecule has 8 heteroatoms. The van der Waals surface area contributed by atoms with Crippen molar-refractivity contribution in [1.29, 1.82) is 0 Å². The number of ether oxygens (including phenoxy) is 2. The number of nitrogens with one attached hydrogen (secondary N) is 2. The van der Waals surface area contributed by atoms with Gasteiger partial charge < -0.3 is 20.1 Å². The topological polar surface area (TPSA) is 54.9 Å². The maximum atomic E-state index is 5.93. The van der Waals surface area contributed by atoms with Crippen LogP contribution in [0.25, 0.3) is 0 Å². The molecule has 5 nitrogen and oxygen atoms in total. The van der Waals surface area contributed by atoms with Gasteiger partial charge >= 0.3 is 0 Å². The predicted octanol–water partition coefficient (Wildman–Crippen LogP) is 3.66. The van der Waals surface area contributed by atoms with E-state index in [4.69, 9.17) is 21.1 Å². The molecule has 0 saturated heterocycles. The third-order valence-electron chi connectivity index (χ3n) is 3.41. The molecule has 0 fully saturated rings. The van der Waals surface area contributed by atoms with Crippen LogP contribution in [-0.2, 0) is 13.0 Å². The molecule has 24 heavy (non-hydrogen) atoms. The molecule has 0 atom stereocenters. The summed E-state index contributed by atoms with van der Waals surface area (Å²) in [5.74, 6) is 2.36. The summed E-state index contributed by atoms with van der Waals surface area (Å²) in [6.45, 7) is 1.76. The zero-order valence-corrected chi connectivity index (χ0v) is 17.1. The van der Waals surface area contributed by atoms with E-state index in [1.54, 1.807) is 18.4 Å². The lowest BCUT2D eigenvalue weighted by molar-refractivity contribution is 0.174. The highest BCUT2D eigenvalue weighted by Crippen LogP contribution is 2.32. The summed E-state index contributed by atoms with van der Waals surface area (Å²) in [5.41, 5.74) is 1.11. The number of aliphatic imine (C=N–C) groups is 1. The van der Waals surface area contributed by atoms with Gasteiger partial charge in [-0.25, -0.2) is 0 Å². The lowest BCUT2D eigenvalue weighted by Gasteiger charge is -2.11. The van der Waals surface area contributed by atoms with Crippen molar-refractivity contribution in [2.45, 2.75) is 13.0 Å². The lowest BCUT2D eigenvalue weighted by Crippen LogP contribution is -2.37. The van der Waals surface area contributed by atoms with Gasteiger partial charge in [0, 0.05) is 25.0 Å². The van der Waals surface area contributed by atoms with Crippen molar-refractivity contribution in [3.8, 4) is 11.5 Å². The summed E-state index contributed by atoms with van der Waals surface area (Å²) in [5, 5.41) is 6.58. The van der Waals surface area contributed by atoms with E-state index in [1.807, 2.05) is 24.3 Å². The van der Waals surface area contributed by atoms with Crippen LogP contribution in [0.3, 0.4) is 0 Å². The van der Waals surface area contributed by atoms with Gasteiger partial charge in [0.2, 0.25) is 6.79 Å². The van der Waals surface area contributed by atoms with E-state index in [0.717, 1.165) is 40.3 Å². The molecule has 0 spiro atoms. The zero-order valence-electron chi connectivity index (χ0n) is 13.2. The van der Waals surface area contributed by atoms with Crippen LogP contribution in [0.4, 0.5) is 0 Å². The fourth-order valence-electron chi connectivity index (χ4n) is 2.25. The third-order valence-corrected chi connectivity index (χ3v) is 4.70. The van der Waals surface area contributed by atoms with Gasteiger partial charge in [-0.2, -0.15) is 0 Å². The van der Waals surface area contributed by atoms with Crippen molar-refractivity contribution >= 4 is 52.9 Å². The number of rotatable bonds is 5. The molecule has 0 radical (unpaired) electrons. The molecule has 3 rings (SSSR count). The number of halogens is 2. The summed E-state index contributed by atoms with van der Waals surface area (Å²) in [7, 11) is 1.76. The van der Waals surface area contributed by atoms with Crippen molar-refractivity contribution in [2.75, 3.05) is 20.4 Å². The van der Waals surface area contributed by atoms with E-state index in [-0.39, 0.29) is 24.0 Å². The van der Waals surface area contributed by atoms with Crippen LogP contribution in [0.5, 0.6) is 11.5 Å². The minimum Gasteiger partial charge on any atom is -0.454 e. The molecule has 0 aliphatic carbocycles. The largest absolute Gasteiger partial charge is 0.454 e. The van der Waals surface area contributed by atoms with Gasteiger partial charge in [0.1, 0.15) is 0 Å². The van der Waals surface area contributed by atoms with Crippen molar-refractivity contribution in [3.05, 3.63) is 45.1 Å². The molecule has 1 aliphatic rings. The van der Waals surface area contributed by atoms with Crippen LogP contribution in [0, 0.1) is 0 Å². The minimum atomic E-state index is 0. The number of fused-ring (bicyclic) bond motifs is 1. The molecular weight excluding hydrogens is 461 g/mol. The molecule has 0 unspecified atom stereocenters. The zero-order chi connectivity index (χ0) is 16.1. The van der Waals surface area contributed by atoms with Gasteiger partial charge in [0.15, 0.2) is 17.5 Å². The second-order valence-electron chi connectivity index (χ2n) is 5.00. The van der Waals surface area contributed by atoms with Gasteiger partial charge in [-0.1, -0.05) is 17.7 Å². The Morgan fingerprint density at radius 3 is 2.79 bits per heavy atom. The smallest absolute Gasteiger partial charge is 0.231 e. The average molecular weight is 480 g/mol. The Morgan fingerprint density at radius 1 is 1.21 bits per heavy atom. The minimum absolute atomic E-state index is 0. The Hall–Kier alpha value is -1.19. The molecule has 2 heterocycles. The first-order valence-electron chi connectivity index (χ1n) is 7.32. The highest BCUT2D eigenvalue weighted by Gasteiger charge is 2.13. The van der Waals surface area contributed by atoms with E-state index in [1.165, 1.54) is 4.88 Å². The summed E-state index contributed by atoms with van der Waals surface area (Å²) in [4.78, 5) is 5.49. The van der Waals surface area contributed by atoms with Crippen LogP contribution >= 0.6 is 46.9 Å². The van der Waals surface area contributed by atoms with Gasteiger partial charge in [-0.3, -0.25) is 4.99 Å². The second-order valence-corrected chi connectivity index (χ2v) is 6.80. The average Bonchev–Trinajstić information content (AvgIpc) is 3.18. The van der Waals surface area contributed by atoms with Crippen LogP contribution in [-0.4, -0.2) is 26.3 Å². The quantitative estimate of drug-likeness (QED) is 0.390. The fourth-order valence-corrected chi connectivity index (χ4v) is 3.33. The maximum Gasteiger partial charge on any atom is 0.231 e. The Bertz CT molecular complexity index is 708. The highest BCUT2D eigenvalue weighted by molar-refractivity contribution is 14.0. The summed E-state index contributed by atoms with van der Waals surface area (Å²) < 4.78 is 11.5. The molecule has 2 aromatic rings. The molecule has 0 bridgehead atoms. The van der Waals surface area contributed by atoms with Gasteiger partial charge in [0.25, 0.3) is 0 Å². The van der Waals surface area contributed by atoms with Crippen LogP contribution in [0.2, 0.25) is 4.34 Å². The Labute approximate surface area is 167 Å². The van der Waals surface area contributed by atoms with Crippen LogP contribution in [0.15, 0.2) is 35.3 Å². The number of nitrogens with zero attached hydrogens (tertiary/aromatic N) is 1.